The third kappa shape index (κ3) is 5.12. The molecule has 0 aliphatic heterocycles. The van der Waals surface area contributed by atoms with Gasteiger partial charge in [-0.1, -0.05) is 12.1 Å². The van der Waals surface area contributed by atoms with E-state index in [1.165, 1.54) is 30.5 Å². The SMILES string of the molecule is Cn1ccnc1C(NS(=O)(=O)c1ccc(OC(F)(F)F)cc1)c1ccc(F)cc1. The molecule has 0 aliphatic carbocycles. The maximum Gasteiger partial charge on any atom is 0.573 e. The molecule has 0 aliphatic rings. The summed E-state index contributed by atoms with van der Waals surface area (Å²) in [5.74, 6) is -0.691. The fraction of sp³-hybridized carbons (Fsp3) is 0.167. The molecular formula is C18H15F4N3O3S. The van der Waals surface area contributed by atoms with Crippen LogP contribution in [0.3, 0.4) is 0 Å². The molecule has 6 nitrogen and oxygen atoms in total. The first-order chi connectivity index (χ1) is 13.5. The quantitative estimate of drug-likeness (QED) is 0.609. The highest BCUT2D eigenvalue weighted by atomic mass is 32.2. The Morgan fingerprint density at radius 2 is 1.69 bits per heavy atom. The van der Waals surface area contributed by atoms with Crippen molar-refractivity contribution in [3.8, 4) is 5.75 Å². The first-order valence-corrected chi connectivity index (χ1v) is 9.64. The molecule has 0 amide bonds. The van der Waals surface area contributed by atoms with E-state index in [0.717, 1.165) is 24.3 Å². The molecule has 1 heterocycles. The molecule has 3 rings (SSSR count). The summed E-state index contributed by atoms with van der Waals surface area (Å²) in [5, 5.41) is 0. The van der Waals surface area contributed by atoms with Gasteiger partial charge in [-0.05, 0) is 42.0 Å². The monoisotopic (exact) mass is 429 g/mol. The Morgan fingerprint density at radius 1 is 1.07 bits per heavy atom. The lowest BCUT2D eigenvalue weighted by molar-refractivity contribution is -0.274. The average Bonchev–Trinajstić information content (AvgIpc) is 3.05. The molecule has 29 heavy (non-hydrogen) atoms. The van der Waals surface area contributed by atoms with E-state index in [1.807, 2.05) is 0 Å². The smallest absolute Gasteiger partial charge is 0.406 e. The van der Waals surface area contributed by atoms with Crippen LogP contribution in [-0.2, 0) is 17.1 Å². The van der Waals surface area contributed by atoms with Gasteiger partial charge in [0.15, 0.2) is 0 Å². The normalized spacial score (nSPS) is 13.3. The number of halogens is 4. The number of nitrogens with one attached hydrogen (secondary N) is 1. The number of aryl methyl sites for hydroxylation is 1. The first-order valence-electron chi connectivity index (χ1n) is 8.16. The van der Waals surface area contributed by atoms with E-state index in [2.05, 4.69) is 14.4 Å². The van der Waals surface area contributed by atoms with Crippen molar-refractivity contribution in [1.82, 2.24) is 14.3 Å². The van der Waals surface area contributed by atoms with E-state index >= 15 is 0 Å². The zero-order chi connectivity index (χ0) is 21.2. The van der Waals surface area contributed by atoms with Crippen molar-refractivity contribution < 1.29 is 30.7 Å². The van der Waals surface area contributed by atoms with Crippen molar-refractivity contribution in [1.29, 1.82) is 0 Å². The second-order valence-corrected chi connectivity index (χ2v) is 7.74. The predicted molar refractivity (Wildman–Crippen MR) is 94.9 cm³/mol. The lowest BCUT2D eigenvalue weighted by Crippen LogP contribution is -2.31. The number of benzene rings is 2. The Labute approximate surface area is 163 Å². The molecule has 1 aromatic heterocycles. The Bertz CT molecular complexity index is 1080. The van der Waals surface area contributed by atoms with Gasteiger partial charge in [-0.15, -0.1) is 13.2 Å². The van der Waals surface area contributed by atoms with E-state index in [-0.39, 0.29) is 4.90 Å². The van der Waals surface area contributed by atoms with Crippen LogP contribution >= 0.6 is 0 Å². The topological polar surface area (TPSA) is 73.2 Å². The summed E-state index contributed by atoms with van der Waals surface area (Å²) in [7, 11) is -2.49. The van der Waals surface area contributed by atoms with E-state index in [0.29, 0.717) is 11.4 Å². The second-order valence-electron chi connectivity index (χ2n) is 6.02. The third-order valence-electron chi connectivity index (χ3n) is 3.96. The minimum absolute atomic E-state index is 0.270. The van der Waals surface area contributed by atoms with Gasteiger partial charge >= 0.3 is 6.36 Å². The fourth-order valence-electron chi connectivity index (χ4n) is 2.62. The Balaban J connectivity index is 1.92. The fourth-order valence-corrected chi connectivity index (χ4v) is 3.81. The highest BCUT2D eigenvalue weighted by molar-refractivity contribution is 7.89. The summed E-state index contributed by atoms with van der Waals surface area (Å²) in [6, 6.07) is 8.02. The van der Waals surface area contributed by atoms with Crippen molar-refractivity contribution in [2.24, 2.45) is 7.05 Å². The maximum absolute atomic E-state index is 13.3. The van der Waals surface area contributed by atoms with Crippen molar-refractivity contribution in [3.05, 3.63) is 78.1 Å². The van der Waals surface area contributed by atoms with Crippen molar-refractivity contribution >= 4 is 10.0 Å². The van der Waals surface area contributed by atoms with E-state index in [4.69, 9.17) is 0 Å². The van der Waals surface area contributed by atoms with Gasteiger partial charge in [-0.2, -0.15) is 4.72 Å². The molecule has 0 saturated carbocycles. The third-order valence-corrected chi connectivity index (χ3v) is 5.40. The number of nitrogens with zero attached hydrogens (tertiary/aromatic N) is 2. The van der Waals surface area contributed by atoms with Gasteiger partial charge in [0.1, 0.15) is 23.4 Å². The van der Waals surface area contributed by atoms with Gasteiger partial charge in [0.05, 0.1) is 4.90 Å². The van der Waals surface area contributed by atoms with Crippen molar-refractivity contribution in [2.45, 2.75) is 17.3 Å². The van der Waals surface area contributed by atoms with Crippen LogP contribution in [0.25, 0.3) is 0 Å². The standard InChI is InChI=1S/C18H15F4N3O3S/c1-25-11-10-23-17(25)16(12-2-4-13(19)5-3-12)24-29(26,27)15-8-6-14(7-9-15)28-18(20,21)22/h2-11,16,24H,1H3. The summed E-state index contributed by atoms with van der Waals surface area (Å²) in [6.07, 6.45) is -1.79. The molecule has 2 aromatic carbocycles. The molecule has 0 saturated heterocycles. The van der Waals surface area contributed by atoms with Crippen LogP contribution in [-0.4, -0.2) is 24.3 Å². The Morgan fingerprint density at radius 3 is 2.21 bits per heavy atom. The summed E-state index contributed by atoms with van der Waals surface area (Å²) in [6.45, 7) is 0. The number of aromatic nitrogens is 2. The lowest BCUT2D eigenvalue weighted by atomic mass is 10.1. The predicted octanol–water partition coefficient (Wildman–Crippen LogP) is 3.53. The molecule has 3 aromatic rings. The molecule has 0 fully saturated rings. The van der Waals surface area contributed by atoms with E-state index in [1.54, 1.807) is 17.8 Å². The van der Waals surface area contributed by atoms with Gasteiger partial charge < -0.3 is 9.30 Å². The number of hydrogen-bond donors (Lipinski definition) is 1. The van der Waals surface area contributed by atoms with Crippen LogP contribution in [0.5, 0.6) is 5.75 Å². The van der Waals surface area contributed by atoms with Crippen LogP contribution in [0.2, 0.25) is 0 Å². The van der Waals surface area contributed by atoms with Crippen molar-refractivity contribution in [2.75, 3.05) is 0 Å². The molecular weight excluding hydrogens is 414 g/mol. The van der Waals surface area contributed by atoms with Gasteiger partial charge in [0.25, 0.3) is 0 Å². The molecule has 0 bridgehead atoms. The summed E-state index contributed by atoms with van der Waals surface area (Å²) < 4.78 is 83.5. The molecule has 1 unspecified atom stereocenters. The maximum atomic E-state index is 13.3. The van der Waals surface area contributed by atoms with E-state index < -0.39 is 34.0 Å². The van der Waals surface area contributed by atoms with Crippen LogP contribution in [0.1, 0.15) is 17.4 Å². The van der Waals surface area contributed by atoms with Crippen LogP contribution in [0.15, 0.2) is 65.8 Å². The number of hydrogen-bond acceptors (Lipinski definition) is 4. The minimum Gasteiger partial charge on any atom is -0.406 e. The minimum atomic E-state index is -4.88. The molecule has 11 heteroatoms. The number of ether oxygens (including phenoxy) is 1. The summed E-state index contributed by atoms with van der Waals surface area (Å²) in [4.78, 5) is 3.87. The average molecular weight is 429 g/mol. The van der Waals surface area contributed by atoms with Gasteiger partial charge in [-0.25, -0.2) is 17.8 Å². The first kappa shape index (κ1) is 20.8. The molecule has 0 spiro atoms. The molecule has 1 atom stereocenters. The summed E-state index contributed by atoms with van der Waals surface area (Å²) in [5.41, 5.74) is 0.432. The van der Waals surface area contributed by atoms with E-state index in [9.17, 15) is 26.0 Å². The zero-order valence-corrected chi connectivity index (χ0v) is 15.7. The molecule has 0 radical (unpaired) electrons. The van der Waals surface area contributed by atoms with Crippen LogP contribution < -0.4 is 9.46 Å². The van der Waals surface area contributed by atoms with Crippen LogP contribution in [0.4, 0.5) is 17.6 Å². The number of alkyl halides is 3. The highest BCUT2D eigenvalue weighted by Gasteiger charge is 2.31. The Hall–Kier alpha value is -2.92. The number of rotatable bonds is 6. The lowest BCUT2D eigenvalue weighted by Gasteiger charge is -2.19. The molecule has 1 N–H and O–H groups in total. The Kier molecular flexibility index (Phi) is 5.62. The van der Waals surface area contributed by atoms with Gasteiger partial charge in [0.2, 0.25) is 10.0 Å². The van der Waals surface area contributed by atoms with Gasteiger partial charge in [0, 0.05) is 19.4 Å². The molecule has 154 valence electrons. The largest absolute Gasteiger partial charge is 0.573 e. The summed E-state index contributed by atoms with van der Waals surface area (Å²) >= 11 is 0. The second kappa shape index (κ2) is 7.84. The zero-order valence-electron chi connectivity index (χ0n) is 14.9. The van der Waals surface area contributed by atoms with Crippen LogP contribution in [0, 0.1) is 5.82 Å². The highest BCUT2D eigenvalue weighted by Crippen LogP contribution is 2.26. The van der Waals surface area contributed by atoms with Crippen molar-refractivity contribution in [3.63, 3.8) is 0 Å². The number of sulfonamides is 1. The van der Waals surface area contributed by atoms with Gasteiger partial charge in [-0.3, -0.25) is 0 Å². The number of imidazole rings is 1.